The normalized spacial score (nSPS) is 24.4. The van der Waals surface area contributed by atoms with Crippen molar-refractivity contribution in [1.29, 1.82) is 5.26 Å². The fourth-order valence-electron chi connectivity index (χ4n) is 5.47. The predicted octanol–water partition coefficient (Wildman–Crippen LogP) is 2.27. The molecule has 2 bridgehead atoms. The lowest BCUT2D eigenvalue weighted by Gasteiger charge is -2.27. The van der Waals surface area contributed by atoms with E-state index in [-0.39, 0.29) is 54.6 Å². The van der Waals surface area contributed by atoms with Crippen molar-refractivity contribution < 1.29 is 14.3 Å². The number of carbonyl (C=O) groups is 2. The number of primary amides is 1. The minimum Gasteiger partial charge on any atom is -0.495 e. The summed E-state index contributed by atoms with van der Waals surface area (Å²) in [6.45, 7) is 0.717. The number of fused-ring (bicyclic) bond motifs is 3. The number of halogens is 1. The highest BCUT2D eigenvalue weighted by Gasteiger charge is 2.47. The van der Waals surface area contributed by atoms with Gasteiger partial charge >= 0.3 is 0 Å². The van der Waals surface area contributed by atoms with Crippen LogP contribution in [0.1, 0.15) is 12.0 Å². The molecule has 0 spiro atoms. The summed E-state index contributed by atoms with van der Waals surface area (Å²) < 4.78 is 5.61. The van der Waals surface area contributed by atoms with Gasteiger partial charge in [-0.05, 0) is 36.0 Å². The Kier molecular flexibility index (Phi) is 6.62. The highest BCUT2D eigenvalue weighted by molar-refractivity contribution is 6.32. The van der Waals surface area contributed by atoms with E-state index < -0.39 is 0 Å². The van der Waals surface area contributed by atoms with Crippen LogP contribution in [0.25, 0.3) is 0 Å². The van der Waals surface area contributed by atoms with Gasteiger partial charge in [-0.1, -0.05) is 23.8 Å². The molecule has 3 aliphatic rings. The molecule has 2 heterocycles. The largest absolute Gasteiger partial charge is 0.495 e. The van der Waals surface area contributed by atoms with Crippen molar-refractivity contribution in [3.63, 3.8) is 0 Å². The van der Waals surface area contributed by atoms with Crippen LogP contribution in [0.3, 0.4) is 0 Å². The lowest BCUT2D eigenvalue weighted by molar-refractivity contribution is -0.122. The molecular formula is C25H27ClN8O3. The summed E-state index contributed by atoms with van der Waals surface area (Å²) in [5.74, 6) is 0.656. The second-order valence-electron chi connectivity index (χ2n) is 9.50. The average Bonchev–Trinajstić information content (AvgIpc) is 3.45. The van der Waals surface area contributed by atoms with Gasteiger partial charge in [-0.2, -0.15) is 10.2 Å². The first-order valence-electron chi connectivity index (χ1n) is 11.9. The molecule has 4 N–H and O–H groups in total. The Labute approximate surface area is 219 Å². The third-order valence-electron chi connectivity index (χ3n) is 7.27. The standard InChI is InChI=1S/C25H27ClN8O3/c1-33-18-9-17(19(37-2)8-15(18)11-34(6-5-27)12-20(33)35)30-25-29-10-16(26)24(32-25)31-22-14-4-3-13(7-14)21(22)23(28)36/h3-4,8-10,13-14,21-22H,6-7,11-12H2,1-2H3,(H2,28,36)(H2,29,30,31,32)/t13-,14+,21+,22-/m1/s1. The van der Waals surface area contributed by atoms with E-state index in [1.807, 2.05) is 6.07 Å². The predicted molar refractivity (Wildman–Crippen MR) is 138 cm³/mol. The third-order valence-corrected chi connectivity index (χ3v) is 7.54. The molecule has 11 nitrogen and oxygen atoms in total. The van der Waals surface area contributed by atoms with Crippen molar-refractivity contribution in [1.82, 2.24) is 14.9 Å². The Morgan fingerprint density at radius 3 is 2.84 bits per heavy atom. The summed E-state index contributed by atoms with van der Waals surface area (Å²) in [4.78, 5) is 37.0. The Hall–Kier alpha value is -3.88. The van der Waals surface area contributed by atoms with Crippen LogP contribution in [0.2, 0.25) is 5.02 Å². The molecule has 1 saturated carbocycles. The van der Waals surface area contributed by atoms with Gasteiger partial charge in [-0.15, -0.1) is 0 Å². The smallest absolute Gasteiger partial charge is 0.240 e. The van der Waals surface area contributed by atoms with Crippen LogP contribution in [0.15, 0.2) is 30.5 Å². The van der Waals surface area contributed by atoms with E-state index in [1.54, 1.807) is 30.0 Å². The average molecular weight is 523 g/mol. The quantitative estimate of drug-likeness (QED) is 0.367. The van der Waals surface area contributed by atoms with Gasteiger partial charge in [-0.3, -0.25) is 14.5 Å². The number of benzene rings is 1. The number of ether oxygens (including phenoxy) is 1. The van der Waals surface area contributed by atoms with Crippen LogP contribution in [0, 0.1) is 29.1 Å². The summed E-state index contributed by atoms with van der Waals surface area (Å²) in [6, 6.07) is 5.54. The van der Waals surface area contributed by atoms with Gasteiger partial charge in [-0.25, -0.2) is 4.98 Å². The third kappa shape index (κ3) is 4.65. The van der Waals surface area contributed by atoms with Crippen molar-refractivity contribution in [3.8, 4) is 11.8 Å². The summed E-state index contributed by atoms with van der Waals surface area (Å²) in [7, 11) is 3.25. The van der Waals surface area contributed by atoms with Gasteiger partial charge in [0.1, 0.15) is 10.8 Å². The van der Waals surface area contributed by atoms with Crippen LogP contribution in [-0.2, 0) is 16.1 Å². The number of likely N-dealkylation sites (N-methyl/N-ethyl adjacent to an activating group) is 1. The summed E-state index contributed by atoms with van der Waals surface area (Å²) in [5.41, 5.74) is 7.80. The number of nitriles is 1. The summed E-state index contributed by atoms with van der Waals surface area (Å²) >= 11 is 6.41. The van der Waals surface area contributed by atoms with Gasteiger partial charge in [0.25, 0.3) is 0 Å². The summed E-state index contributed by atoms with van der Waals surface area (Å²) in [5, 5.41) is 15.9. The number of carbonyl (C=O) groups excluding carboxylic acids is 2. The number of hydrogen-bond donors (Lipinski definition) is 3. The van der Waals surface area contributed by atoms with E-state index in [9.17, 15) is 9.59 Å². The molecule has 4 atom stereocenters. The molecule has 0 saturated heterocycles. The number of nitrogens with one attached hydrogen (secondary N) is 2. The SMILES string of the molecule is COc1cc2c(cc1Nc1ncc(Cl)c(N[C@H]3[C@@H](C(N)=O)[C@@H]4C=C[C@H]3C4)n1)N(C)C(=O)CN(CC#N)C2. The van der Waals surface area contributed by atoms with Crippen molar-refractivity contribution in [3.05, 3.63) is 41.1 Å². The monoisotopic (exact) mass is 522 g/mol. The van der Waals surface area contributed by atoms with Crippen molar-refractivity contribution in [2.75, 3.05) is 42.8 Å². The van der Waals surface area contributed by atoms with E-state index in [0.717, 1.165) is 12.0 Å². The van der Waals surface area contributed by atoms with Gasteiger partial charge in [0.2, 0.25) is 17.8 Å². The topological polar surface area (TPSA) is 150 Å². The minimum atomic E-state index is -0.348. The number of hydrogen-bond acceptors (Lipinski definition) is 9. The molecule has 12 heteroatoms. The van der Waals surface area contributed by atoms with Gasteiger partial charge < -0.3 is 26.0 Å². The molecule has 2 aromatic rings. The number of nitrogens with zero attached hydrogens (tertiary/aromatic N) is 5. The maximum atomic E-state index is 12.7. The molecule has 0 radical (unpaired) electrons. The minimum absolute atomic E-state index is 0.117. The number of aromatic nitrogens is 2. The second-order valence-corrected chi connectivity index (χ2v) is 9.91. The number of methoxy groups -OCH3 is 1. The first-order chi connectivity index (χ1) is 17.8. The molecule has 2 aliphatic carbocycles. The molecule has 1 aromatic carbocycles. The Morgan fingerprint density at radius 2 is 2.11 bits per heavy atom. The molecule has 5 rings (SSSR count). The molecule has 37 heavy (non-hydrogen) atoms. The van der Waals surface area contributed by atoms with Crippen LogP contribution in [0.5, 0.6) is 5.75 Å². The molecule has 1 aromatic heterocycles. The molecular weight excluding hydrogens is 496 g/mol. The van der Waals surface area contributed by atoms with Crippen LogP contribution in [-0.4, -0.2) is 60.0 Å². The Morgan fingerprint density at radius 1 is 1.32 bits per heavy atom. The van der Waals surface area contributed by atoms with Crippen molar-refractivity contribution in [2.45, 2.75) is 19.0 Å². The van der Waals surface area contributed by atoms with Gasteiger partial charge in [0.15, 0.2) is 5.82 Å². The zero-order valence-corrected chi connectivity index (χ0v) is 21.2. The fraction of sp³-hybridized carbons (Fsp3) is 0.400. The van der Waals surface area contributed by atoms with Crippen LogP contribution in [0.4, 0.5) is 23.1 Å². The molecule has 1 fully saturated rings. The lowest BCUT2D eigenvalue weighted by atomic mass is 9.88. The van der Waals surface area contributed by atoms with Gasteiger partial charge in [0.05, 0.1) is 49.8 Å². The fourth-order valence-corrected chi connectivity index (χ4v) is 5.62. The van der Waals surface area contributed by atoms with E-state index in [2.05, 4.69) is 38.8 Å². The van der Waals surface area contributed by atoms with Crippen LogP contribution < -0.4 is 26.0 Å². The first-order valence-corrected chi connectivity index (χ1v) is 12.3. The molecule has 192 valence electrons. The number of allylic oxidation sites excluding steroid dienone is 1. The maximum absolute atomic E-state index is 12.7. The number of nitrogens with two attached hydrogens (primary N) is 1. The van der Waals surface area contributed by atoms with E-state index in [0.29, 0.717) is 34.5 Å². The van der Waals surface area contributed by atoms with Crippen LogP contribution >= 0.6 is 11.6 Å². The highest BCUT2D eigenvalue weighted by atomic mass is 35.5. The van der Waals surface area contributed by atoms with E-state index >= 15 is 0 Å². The summed E-state index contributed by atoms with van der Waals surface area (Å²) in [6.07, 6.45) is 6.50. The number of anilines is 4. The zero-order chi connectivity index (χ0) is 26.3. The second kappa shape index (κ2) is 9.88. The Balaban J connectivity index is 1.43. The van der Waals surface area contributed by atoms with Crippen molar-refractivity contribution >= 4 is 46.6 Å². The van der Waals surface area contributed by atoms with Gasteiger partial charge in [0, 0.05) is 19.6 Å². The van der Waals surface area contributed by atoms with Crippen molar-refractivity contribution in [2.24, 2.45) is 23.5 Å². The maximum Gasteiger partial charge on any atom is 0.240 e. The zero-order valence-electron chi connectivity index (χ0n) is 20.4. The number of rotatable bonds is 7. The molecule has 0 unspecified atom stereocenters. The number of amides is 2. The lowest BCUT2D eigenvalue weighted by Crippen LogP contribution is -2.41. The van der Waals surface area contributed by atoms with E-state index in [4.69, 9.17) is 27.3 Å². The highest BCUT2D eigenvalue weighted by Crippen LogP contribution is 2.45. The Bertz CT molecular complexity index is 1330. The van der Waals surface area contributed by atoms with E-state index in [1.165, 1.54) is 6.20 Å². The molecule has 1 aliphatic heterocycles. The molecule has 2 amide bonds. The first kappa shape index (κ1) is 24.8.